The van der Waals surface area contributed by atoms with Crippen LogP contribution in [0.3, 0.4) is 0 Å². The van der Waals surface area contributed by atoms with Crippen molar-refractivity contribution in [1.29, 1.82) is 0 Å². The topological polar surface area (TPSA) is 63.3 Å². The SMILES string of the molecule is Cc1c(-c2ccco2)nc2c(Cl)ccc(Cl)c2c1C(=O)O. The molecule has 0 amide bonds. The molecule has 0 saturated heterocycles. The van der Waals surface area contributed by atoms with Crippen LogP contribution in [-0.4, -0.2) is 16.1 Å². The summed E-state index contributed by atoms with van der Waals surface area (Å²) >= 11 is 12.3. The maximum absolute atomic E-state index is 11.7. The minimum Gasteiger partial charge on any atom is -0.478 e. The van der Waals surface area contributed by atoms with Crippen LogP contribution in [0.15, 0.2) is 34.9 Å². The Balaban J connectivity index is 2.52. The van der Waals surface area contributed by atoms with Gasteiger partial charge in [-0.3, -0.25) is 0 Å². The Hall–Kier alpha value is -2.04. The largest absolute Gasteiger partial charge is 0.478 e. The average molecular weight is 322 g/mol. The quantitative estimate of drug-likeness (QED) is 0.735. The number of carbonyl (C=O) groups is 1. The summed E-state index contributed by atoms with van der Waals surface area (Å²) in [4.78, 5) is 16.1. The summed E-state index contributed by atoms with van der Waals surface area (Å²) in [5.74, 6) is -0.607. The molecule has 106 valence electrons. The lowest BCUT2D eigenvalue weighted by Crippen LogP contribution is -2.05. The molecule has 2 heterocycles. The first-order chi connectivity index (χ1) is 10.0. The highest BCUT2D eigenvalue weighted by atomic mass is 35.5. The van der Waals surface area contributed by atoms with Crippen molar-refractivity contribution in [2.45, 2.75) is 6.92 Å². The summed E-state index contributed by atoms with van der Waals surface area (Å²) in [6, 6.07) is 6.57. The van der Waals surface area contributed by atoms with Crippen molar-refractivity contribution in [3.05, 3.63) is 51.7 Å². The zero-order chi connectivity index (χ0) is 15.1. The molecule has 0 radical (unpaired) electrons. The van der Waals surface area contributed by atoms with Gasteiger partial charge in [0, 0.05) is 5.39 Å². The van der Waals surface area contributed by atoms with E-state index in [2.05, 4.69) is 4.98 Å². The van der Waals surface area contributed by atoms with Gasteiger partial charge in [-0.2, -0.15) is 0 Å². The van der Waals surface area contributed by atoms with E-state index >= 15 is 0 Å². The molecule has 0 unspecified atom stereocenters. The lowest BCUT2D eigenvalue weighted by Gasteiger charge is -2.12. The van der Waals surface area contributed by atoms with Crippen molar-refractivity contribution in [1.82, 2.24) is 4.98 Å². The molecule has 1 aromatic carbocycles. The number of aromatic nitrogens is 1. The molecular formula is C15H9Cl2NO3. The van der Waals surface area contributed by atoms with Crippen molar-refractivity contribution in [3.8, 4) is 11.5 Å². The van der Waals surface area contributed by atoms with Crippen LogP contribution >= 0.6 is 23.2 Å². The van der Waals surface area contributed by atoms with Crippen molar-refractivity contribution < 1.29 is 14.3 Å². The Morgan fingerprint density at radius 1 is 1.24 bits per heavy atom. The number of aromatic carboxylic acids is 1. The lowest BCUT2D eigenvalue weighted by atomic mass is 10.0. The van der Waals surface area contributed by atoms with Crippen molar-refractivity contribution >= 4 is 40.1 Å². The Morgan fingerprint density at radius 2 is 1.95 bits per heavy atom. The molecule has 21 heavy (non-hydrogen) atoms. The number of rotatable bonds is 2. The molecule has 1 N–H and O–H groups in total. The molecule has 2 aromatic heterocycles. The third-order valence-electron chi connectivity index (χ3n) is 3.25. The van der Waals surface area contributed by atoms with E-state index in [1.807, 2.05) is 0 Å². The second kappa shape index (κ2) is 5.06. The van der Waals surface area contributed by atoms with E-state index in [1.54, 1.807) is 31.2 Å². The van der Waals surface area contributed by atoms with E-state index in [0.29, 0.717) is 38.0 Å². The van der Waals surface area contributed by atoms with Crippen molar-refractivity contribution in [2.24, 2.45) is 0 Å². The molecule has 3 aromatic rings. The van der Waals surface area contributed by atoms with Crippen molar-refractivity contribution in [3.63, 3.8) is 0 Å². The summed E-state index contributed by atoms with van der Waals surface area (Å²) in [6.45, 7) is 1.67. The Morgan fingerprint density at radius 3 is 2.57 bits per heavy atom. The number of carboxylic acid groups (broad SMARTS) is 1. The van der Waals surface area contributed by atoms with Gasteiger partial charge in [0.1, 0.15) is 5.69 Å². The highest BCUT2D eigenvalue weighted by Gasteiger charge is 2.22. The Labute approximate surface area is 129 Å². The Kier molecular flexibility index (Phi) is 3.35. The van der Waals surface area contributed by atoms with Gasteiger partial charge in [0.2, 0.25) is 0 Å². The van der Waals surface area contributed by atoms with E-state index in [9.17, 15) is 9.90 Å². The van der Waals surface area contributed by atoms with Crippen LogP contribution in [0.2, 0.25) is 10.0 Å². The lowest BCUT2D eigenvalue weighted by molar-refractivity contribution is 0.0698. The van der Waals surface area contributed by atoms with Gasteiger partial charge >= 0.3 is 5.97 Å². The third-order valence-corrected chi connectivity index (χ3v) is 3.87. The van der Waals surface area contributed by atoms with Crippen molar-refractivity contribution in [2.75, 3.05) is 0 Å². The number of hydrogen-bond donors (Lipinski definition) is 1. The molecule has 0 atom stereocenters. The monoisotopic (exact) mass is 321 g/mol. The normalized spacial score (nSPS) is 11.0. The Bertz CT molecular complexity index is 857. The molecule has 0 aliphatic rings. The van der Waals surface area contributed by atoms with Gasteiger partial charge in [-0.05, 0) is 36.8 Å². The molecule has 0 saturated carbocycles. The first kappa shape index (κ1) is 13.9. The summed E-state index contributed by atoms with van der Waals surface area (Å²) < 4.78 is 5.32. The van der Waals surface area contributed by atoms with Gasteiger partial charge < -0.3 is 9.52 Å². The first-order valence-electron chi connectivity index (χ1n) is 6.06. The van der Waals surface area contributed by atoms with E-state index in [-0.39, 0.29) is 5.56 Å². The zero-order valence-electron chi connectivity index (χ0n) is 10.9. The van der Waals surface area contributed by atoms with Crippen LogP contribution in [-0.2, 0) is 0 Å². The molecule has 6 heteroatoms. The van der Waals surface area contributed by atoms with Gasteiger partial charge in [-0.15, -0.1) is 0 Å². The summed E-state index contributed by atoms with van der Waals surface area (Å²) in [6.07, 6.45) is 1.50. The number of carboxylic acids is 1. The van der Waals surface area contributed by atoms with Gasteiger partial charge in [0.25, 0.3) is 0 Å². The summed E-state index contributed by atoms with van der Waals surface area (Å²) in [5.41, 5.74) is 1.35. The molecule has 0 spiro atoms. The third kappa shape index (κ3) is 2.17. The second-order valence-corrected chi connectivity index (χ2v) is 5.31. The fourth-order valence-corrected chi connectivity index (χ4v) is 2.76. The van der Waals surface area contributed by atoms with Gasteiger partial charge in [0.05, 0.1) is 27.4 Å². The number of pyridine rings is 1. The molecule has 3 rings (SSSR count). The fourth-order valence-electron chi connectivity index (χ4n) is 2.31. The molecule has 0 fully saturated rings. The van der Waals surface area contributed by atoms with Crippen LogP contribution in [0.1, 0.15) is 15.9 Å². The van der Waals surface area contributed by atoms with Crippen LogP contribution < -0.4 is 0 Å². The second-order valence-electron chi connectivity index (χ2n) is 4.50. The summed E-state index contributed by atoms with van der Waals surface area (Å²) in [5, 5.41) is 10.5. The van der Waals surface area contributed by atoms with Crippen LogP contribution in [0.4, 0.5) is 0 Å². The average Bonchev–Trinajstić information content (AvgIpc) is 2.96. The molecule has 0 aliphatic carbocycles. The zero-order valence-corrected chi connectivity index (χ0v) is 12.4. The molecule has 0 aliphatic heterocycles. The maximum atomic E-state index is 11.7. The molecule has 4 nitrogen and oxygen atoms in total. The minimum absolute atomic E-state index is 0.0823. The van der Waals surface area contributed by atoms with Gasteiger partial charge in [0.15, 0.2) is 5.76 Å². The van der Waals surface area contributed by atoms with E-state index < -0.39 is 5.97 Å². The van der Waals surface area contributed by atoms with Gasteiger partial charge in [-0.1, -0.05) is 23.2 Å². The molecule has 0 bridgehead atoms. The predicted molar refractivity (Wildman–Crippen MR) is 81.2 cm³/mol. The number of fused-ring (bicyclic) bond motifs is 1. The van der Waals surface area contributed by atoms with E-state index in [4.69, 9.17) is 27.6 Å². The minimum atomic E-state index is -1.09. The number of halogens is 2. The highest BCUT2D eigenvalue weighted by molar-refractivity contribution is 6.41. The highest BCUT2D eigenvalue weighted by Crippen LogP contribution is 2.36. The standard InChI is InChI=1S/C15H9Cl2NO3/c1-7-11(15(19)20)12-8(16)4-5-9(17)14(12)18-13(7)10-3-2-6-21-10/h2-6H,1H3,(H,19,20). The fraction of sp³-hybridized carbons (Fsp3) is 0.0667. The number of furan rings is 1. The van der Waals surface area contributed by atoms with Gasteiger partial charge in [-0.25, -0.2) is 9.78 Å². The first-order valence-corrected chi connectivity index (χ1v) is 6.81. The number of hydrogen-bond acceptors (Lipinski definition) is 3. The molecular weight excluding hydrogens is 313 g/mol. The number of benzene rings is 1. The summed E-state index contributed by atoms with van der Waals surface area (Å²) in [7, 11) is 0. The van der Waals surface area contributed by atoms with Crippen LogP contribution in [0.5, 0.6) is 0 Å². The van der Waals surface area contributed by atoms with Crippen LogP contribution in [0, 0.1) is 6.92 Å². The number of nitrogens with zero attached hydrogens (tertiary/aromatic N) is 1. The maximum Gasteiger partial charge on any atom is 0.336 e. The smallest absolute Gasteiger partial charge is 0.336 e. The van der Waals surface area contributed by atoms with E-state index in [1.165, 1.54) is 6.26 Å². The van der Waals surface area contributed by atoms with E-state index in [0.717, 1.165) is 0 Å². The van der Waals surface area contributed by atoms with Crippen LogP contribution in [0.25, 0.3) is 22.4 Å². The predicted octanol–water partition coefficient (Wildman–Crippen LogP) is 4.81.